The van der Waals surface area contributed by atoms with E-state index < -0.39 is 6.16 Å². The van der Waals surface area contributed by atoms with E-state index in [2.05, 4.69) is 4.74 Å². The normalized spacial score (nSPS) is 5.50. The van der Waals surface area contributed by atoms with E-state index >= 15 is 0 Å². The van der Waals surface area contributed by atoms with Crippen molar-refractivity contribution in [3.63, 3.8) is 0 Å². The van der Waals surface area contributed by atoms with Crippen molar-refractivity contribution in [3.05, 3.63) is 0 Å². The third-order valence-electron chi connectivity index (χ3n) is 0.175. The molecule has 4 heteroatoms. The molecular weight excluding hydrogens is 91.0 g/mol. The number of methoxy groups -OCH3 is 1. The maximum atomic E-state index is 9.15. The molecule has 0 unspecified atom stereocenters. The van der Waals surface area contributed by atoms with E-state index in [1.165, 1.54) is 0 Å². The maximum Gasteiger partial charge on any atom is 0.505 e. The molecule has 1 N–H and O–H groups in total. The highest BCUT2D eigenvalue weighted by atomic mass is 19.0. The molecule has 0 heterocycles. The van der Waals surface area contributed by atoms with E-state index in [0.717, 1.165) is 7.11 Å². The predicted octanol–water partition coefficient (Wildman–Crippen LogP) is 0.463. The van der Waals surface area contributed by atoms with Crippen molar-refractivity contribution in [1.29, 1.82) is 0 Å². The number of halogens is 1. The summed E-state index contributed by atoms with van der Waals surface area (Å²) in [6.07, 6.45) is -1.25. The second kappa shape index (κ2) is 4.20. The fraction of sp³-hybridized carbons (Fsp3) is 0.500. The number of carbonyl (C=O) groups is 1. The first-order valence-electron chi connectivity index (χ1n) is 1.04. The number of rotatable bonds is 0. The Kier molecular flexibility index (Phi) is 6.27. The monoisotopic (exact) mass is 96.0 g/mol. The summed E-state index contributed by atoms with van der Waals surface area (Å²) in [6.45, 7) is 0. The fourth-order valence-electron chi connectivity index (χ4n) is 0. The van der Waals surface area contributed by atoms with Crippen molar-refractivity contribution in [2.75, 3.05) is 7.11 Å². The van der Waals surface area contributed by atoms with E-state index in [9.17, 15) is 0 Å². The summed E-state index contributed by atoms with van der Waals surface area (Å²) < 4.78 is 3.67. The largest absolute Gasteiger partial charge is 0.505 e. The number of hydrogen-bond acceptors (Lipinski definition) is 2. The van der Waals surface area contributed by atoms with E-state index in [-0.39, 0.29) is 4.70 Å². The predicted molar refractivity (Wildman–Crippen MR) is 17.5 cm³/mol. The molecule has 0 aromatic heterocycles. The van der Waals surface area contributed by atoms with Crippen molar-refractivity contribution in [3.8, 4) is 0 Å². The molecule has 0 aliphatic rings. The molecule has 3 nitrogen and oxygen atoms in total. The molecule has 0 radical (unpaired) electrons. The van der Waals surface area contributed by atoms with Crippen molar-refractivity contribution >= 4 is 6.16 Å². The third-order valence-corrected chi connectivity index (χ3v) is 0.175. The summed E-state index contributed by atoms with van der Waals surface area (Å²) in [7, 11) is 1.10. The first kappa shape index (κ1) is 8.96. The molecule has 0 aliphatic heterocycles. The van der Waals surface area contributed by atoms with Gasteiger partial charge in [-0.2, -0.15) is 0 Å². The van der Waals surface area contributed by atoms with Gasteiger partial charge in [0.15, 0.2) is 0 Å². The summed E-state index contributed by atoms with van der Waals surface area (Å²) in [5.41, 5.74) is 0. The molecule has 0 spiro atoms. The Balaban J connectivity index is 0. The molecule has 6 heavy (non-hydrogen) atoms. The van der Waals surface area contributed by atoms with Crippen LogP contribution in [0, 0.1) is 0 Å². The molecule has 0 atom stereocenters. The minimum atomic E-state index is -1.25. The molecule has 0 amide bonds. The van der Waals surface area contributed by atoms with E-state index in [4.69, 9.17) is 9.90 Å². The van der Waals surface area contributed by atoms with Gasteiger partial charge in [-0.15, -0.1) is 0 Å². The Morgan fingerprint density at radius 3 is 2.00 bits per heavy atom. The highest BCUT2D eigenvalue weighted by Crippen LogP contribution is 1.60. The lowest BCUT2D eigenvalue weighted by molar-refractivity contribution is 0.114. The highest BCUT2D eigenvalue weighted by molar-refractivity contribution is 5.56. The molecule has 0 rings (SSSR count). The Morgan fingerprint density at radius 2 is 2.00 bits per heavy atom. The topological polar surface area (TPSA) is 46.5 Å². The first-order chi connectivity index (χ1) is 2.27. The van der Waals surface area contributed by atoms with Gasteiger partial charge in [-0.05, 0) is 0 Å². The van der Waals surface area contributed by atoms with Crippen LogP contribution in [-0.2, 0) is 4.74 Å². The minimum Gasteiger partial charge on any atom is -0.450 e. The van der Waals surface area contributed by atoms with Gasteiger partial charge >= 0.3 is 6.16 Å². The molecular formula is C2H5FO3. The molecule has 0 aromatic carbocycles. The van der Waals surface area contributed by atoms with Gasteiger partial charge in [-0.25, -0.2) is 4.79 Å². The zero-order valence-electron chi connectivity index (χ0n) is 3.17. The van der Waals surface area contributed by atoms with Crippen LogP contribution < -0.4 is 0 Å². The average molecular weight is 96.1 g/mol. The van der Waals surface area contributed by atoms with Gasteiger partial charge < -0.3 is 9.84 Å². The zero-order chi connectivity index (χ0) is 4.28. The Morgan fingerprint density at radius 1 is 1.83 bits per heavy atom. The smallest absolute Gasteiger partial charge is 0.450 e. The Labute approximate surface area is 33.9 Å². The number of carboxylic acid groups (broad SMARTS) is 1. The van der Waals surface area contributed by atoms with Crippen molar-refractivity contribution in [1.82, 2.24) is 0 Å². The van der Waals surface area contributed by atoms with Crippen LogP contribution in [0.2, 0.25) is 0 Å². The van der Waals surface area contributed by atoms with Gasteiger partial charge in [-0.1, -0.05) is 0 Å². The standard InChI is InChI=1S/C2H4O3.FH/c1-5-2(3)4;/h1H3,(H,3,4);1H. The van der Waals surface area contributed by atoms with Crippen molar-refractivity contribution in [2.45, 2.75) is 0 Å². The zero-order valence-corrected chi connectivity index (χ0v) is 3.17. The molecule has 0 bridgehead atoms. The summed E-state index contributed by atoms with van der Waals surface area (Å²) in [5, 5.41) is 7.50. The van der Waals surface area contributed by atoms with E-state index in [1.807, 2.05) is 0 Å². The summed E-state index contributed by atoms with van der Waals surface area (Å²) in [6, 6.07) is 0. The Hall–Kier alpha value is -0.800. The summed E-state index contributed by atoms with van der Waals surface area (Å²) in [5.74, 6) is 0. The van der Waals surface area contributed by atoms with Gasteiger partial charge in [0.2, 0.25) is 0 Å². The van der Waals surface area contributed by atoms with Crippen LogP contribution in [-0.4, -0.2) is 18.4 Å². The lowest BCUT2D eigenvalue weighted by atomic mass is 11.4. The van der Waals surface area contributed by atoms with Crippen molar-refractivity contribution in [2.24, 2.45) is 0 Å². The van der Waals surface area contributed by atoms with Crippen LogP contribution in [0.3, 0.4) is 0 Å². The van der Waals surface area contributed by atoms with Crippen LogP contribution in [0.1, 0.15) is 0 Å². The quantitative estimate of drug-likeness (QED) is 0.445. The molecule has 0 aliphatic carbocycles. The Bertz CT molecular complexity index is 44.1. The van der Waals surface area contributed by atoms with Gasteiger partial charge in [0, 0.05) is 0 Å². The number of ether oxygens (including phenoxy) is 1. The van der Waals surface area contributed by atoms with Crippen LogP contribution in [0.15, 0.2) is 0 Å². The van der Waals surface area contributed by atoms with Gasteiger partial charge in [0.1, 0.15) is 0 Å². The summed E-state index contributed by atoms with van der Waals surface area (Å²) >= 11 is 0. The average Bonchev–Trinajstić information content (AvgIpc) is 1.38. The van der Waals surface area contributed by atoms with E-state index in [1.54, 1.807) is 0 Å². The van der Waals surface area contributed by atoms with E-state index in [0.29, 0.717) is 0 Å². The lowest BCUT2D eigenvalue weighted by Crippen LogP contribution is -1.91. The summed E-state index contributed by atoms with van der Waals surface area (Å²) in [4.78, 5) is 9.15. The van der Waals surface area contributed by atoms with Gasteiger partial charge in [0.05, 0.1) is 7.11 Å². The van der Waals surface area contributed by atoms with Crippen LogP contribution >= 0.6 is 0 Å². The fourth-order valence-corrected chi connectivity index (χ4v) is 0. The molecule has 0 fully saturated rings. The van der Waals surface area contributed by atoms with Gasteiger partial charge in [0.25, 0.3) is 0 Å². The molecule has 38 valence electrons. The second-order valence-corrected chi connectivity index (χ2v) is 0.470. The van der Waals surface area contributed by atoms with Crippen LogP contribution in [0.25, 0.3) is 0 Å². The maximum absolute atomic E-state index is 9.15. The SMILES string of the molecule is COC(=O)O.F. The van der Waals surface area contributed by atoms with Gasteiger partial charge in [-0.3, -0.25) is 4.70 Å². The first-order valence-corrected chi connectivity index (χ1v) is 1.04. The van der Waals surface area contributed by atoms with Crippen LogP contribution in [0.4, 0.5) is 9.50 Å². The lowest BCUT2D eigenvalue weighted by Gasteiger charge is -1.79. The molecule has 0 saturated heterocycles. The van der Waals surface area contributed by atoms with Crippen LogP contribution in [0.5, 0.6) is 0 Å². The highest BCUT2D eigenvalue weighted by Gasteiger charge is 1.80. The van der Waals surface area contributed by atoms with Crippen molar-refractivity contribution < 1.29 is 19.3 Å². The third kappa shape index (κ3) is 10.8. The molecule has 0 aromatic rings. The minimum absolute atomic E-state index is 0. The second-order valence-electron chi connectivity index (χ2n) is 0.470. The number of hydrogen-bond donors (Lipinski definition) is 1. The molecule has 0 saturated carbocycles.